The van der Waals surface area contributed by atoms with Crippen LogP contribution in [0.3, 0.4) is 0 Å². The number of rotatable bonds is 7. The van der Waals surface area contributed by atoms with Gasteiger partial charge in [0.15, 0.2) is 10.6 Å². The highest BCUT2D eigenvalue weighted by atomic mass is 32.1. The highest BCUT2D eigenvalue weighted by Gasteiger charge is 2.19. The van der Waals surface area contributed by atoms with Crippen molar-refractivity contribution in [2.45, 2.75) is 26.6 Å². The molecular weight excluding hydrogens is 408 g/mol. The number of carbonyl (C=O) groups is 1. The Morgan fingerprint density at radius 1 is 1.00 bits per heavy atom. The zero-order valence-corrected chi connectivity index (χ0v) is 17.9. The average Bonchev–Trinajstić information content (AvgIpc) is 3.15. The number of H-pyrrole nitrogens is 1. The number of carbonyl (C=O) groups excluding carboxylic acids is 1. The van der Waals surface area contributed by atoms with Crippen LogP contribution in [-0.4, -0.2) is 35.5 Å². The van der Waals surface area contributed by atoms with Crippen molar-refractivity contribution in [2.75, 3.05) is 0 Å². The first-order valence-electron chi connectivity index (χ1n) is 9.88. The van der Waals surface area contributed by atoms with Crippen LogP contribution in [0.2, 0.25) is 0 Å². The second-order valence-electron chi connectivity index (χ2n) is 7.27. The Morgan fingerprint density at radius 2 is 1.74 bits per heavy atom. The Kier molecular flexibility index (Phi) is 6.28. The van der Waals surface area contributed by atoms with Gasteiger partial charge in [-0.15, -0.1) is 0 Å². The van der Waals surface area contributed by atoms with Gasteiger partial charge in [0.1, 0.15) is 6.54 Å². The average molecular weight is 431 g/mol. The summed E-state index contributed by atoms with van der Waals surface area (Å²) in [6.07, 6.45) is 6.94. The Morgan fingerprint density at radius 3 is 2.45 bits per heavy atom. The van der Waals surface area contributed by atoms with Gasteiger partial charge in [0, 0.05) is 43.4 Å². The van der Waals surface area contributed by atoms with E-state index in [-0.39, 0.29) is 12.5 Å². The summed E-state index contributed by atoms with van der Waals surface area (Å²) in [5.74, 6) is 0.579. The number of aryl methyl sites for hydroxylation is 1. The number of nitrogens with zero attached hydrogens (tertiary/aromatic N) is 5. The lowest BCUT2D eigenvalue weighted by Crippen LogP contribution is -2.33. The number of amides is 1. The molecule has 0 aliphatic rings. The fourth-order valence-electron chi connectivity index (χ4n) is 3.28. The summed E-state index contributed by atoms with van der Waals surface area (Å²) in [4.78, 5) is 23.4. The minimum atomic E-state index is -0.0634. The summed E-state index contributed by atoms with van der Waals surface area (Å²) < 4.78 is 2.15. The van der Waals surface area contributed by atoms with E-state index in [1.54, 1.807) is 34.3 Å². The van der Waals surface area contributed by atoms with Crippen molar-refractivity contribution < 1.29 is 4.79 Å². The van der Waals surface area contributed by atoms with E-state index in [9.17, 15) is 4.79 Å². The standard InChI is InChI=1S/C23H22N6OS/c1-17-4-6-20(7-5-17)22-26-27-23(31)29(22)16-21(30)28(14-18-8-11-24-12-9-18)15-19-3-2-10-25-13-19/h2-13H,14-16H2,1H3,(H,27,31). The maximum Gasteiger partial charge on any atom is 0.243 e. The van der Waals surface area contributed by atoms with Crippen LogP contribution >= 0.6 is 12.2 Å². The van der Waals surface area contributed by atoms with E-state index in [4.69, 9.17) is 12.2 Å². The summed E-state index contributed by atoms with van der Waals surface area (Å²) >= 11 is 5.42. The van der Waals surface area contributed by atoms with Gasteiger partial charge in [-0.2, -0.15) is 5.10 Å². The van der Waals surface area contributed by atoms with Crippen molar-refractivity contribution in [3.63, 3.8) is 0 Å². The summed E-state index contributed by atoms with van der Waals surface area (Å²) in [7, 11) is 0. The number of benzene rings is 1. The van der Waals surface area contributed by atoms with Gasteiger partial charge in [0.25, 0.3) is 0 Å². The lowest BCUT2D eigenvalue weighted by Gasteiger charge is -2.23. The monoisotopic (exact) mass is 430 g/mol. The Balaban J connectivity index is 1.61. The van der Waals surface area contributed by atoms with Gasteiger partial charge in [0.2, 0.25) is 5.91 Å². The van der Waals surface area contributed by atoms with Crippen molar-refractivity contribution >= 4 is 18.1 Å². The van der Waals surface area contributed by atoms with Crippen molar-refractivity contribution in [1.82, 2.24) is 29.6 Å². The number of aromatic amines is 1. The van der Waals surface area contributed by atoms with Gasteiger partial charge in [-0.05, 0) is 48.5 Å². The van der Waals surface area contributed by atoms with Crippen LogP contribution in [0.15, 0.2) is 73.3 Å². The molecule has 7 nitrogen and oxygen atoms in total. The largest absolute Gasteiger partial charge is 0.332 e. The van der Waals surface area contributed by atoms with Crippen LogP contribution in [0, 0.1) is 11.7 Å². The maximum absolute atomic E-state index is 13.4. The molecule has 4 rings (SSSR count). The first kappa shape index (κ1) is 20.6. The SMILES string of the molecule is Cc1ccc(-c2n[nH]c(=S)n2CC(=O)N(Cc2ccncc2)Cc2cccnc2)cc1. The van der Waals surface area contributed by atoms with Crippen molar-refractivity contribution in [3.05, 3.63) is 94.8 Å². The molecule has 0 atom stereocenters. The first-order chi connectivity index (χ1) is 15.1. The lowest BCUT2D eigenvalue weighted by atomic mass is 10.1. The molecule has 3 aromatic heterocycles. The molecule has 1 amide bonds. The van der Waals surface area contributed by atoms with E-state index in [1.165, 1.54) is 0 Å². The molecule has 0 saturated heterocycles. The molecule has 0 unspecified atom stereocenters. The smallest absolute Gasteiger partial charge is 0.243 e. The highest BCUT2D eigenvalue weighted by Crippen LogP contribution is 2.19. The van der Waals surface area contributed by atoms with Gasteiger partial charge >= 0.3 is 0 Å². The number of hydrogen-bond acceptors (Lipinski definition) is 5. The highest BCUT2D eigenvalue weighted by molar-refractivity contribution is 7.71. The van der Waals surface area contributed by atoms with Crippen molar-refractivity contribution in [1.29, 1.82) is 0 Å². The molecular formula is C23H22N6OS. The third-order valence-corrected chi connectivity index (χ3v) is 5.24. The lowest BCUT2D eigenvalue weighted by molar-refractivity contribution is -0.133. The zero-order valence-electron chi connectivity index (χ0n) is 17.1. The van der Waals surface area contributed by atoms with Gasteiger partial charge in [-0.25, -0.2) is 0 Å². The predicted octanol–water partition coefficient (Wildman–Crippen LogP) is 3.94. The maximum atomic E-state index is 13.4. The van der Waals surface area contributed by atoms with Crippen molar-refractivity contribution in [3.8, 4) is 11.4 Å². The van der Waals surface area contributed by atoms with E-state index >= 15 is 0 Å². The number of aromatic nitrogens is 5. The Bertz CT molecular complexity index is 1160. The van der Waals surface area contributed by atoms with Gasteiger partial charge in [-0.1, -0.05) is 35.9 Å². The summed E-state index contributed by atoms with van der Waals surface area (Å²) in [6, 6.07) is 15.6. The minimum Gasteiger partial charge on any atom is -0.332 e. The van der Waals surface area contributed by atoms with Gasteiger partial charge < -0.3 is 4.90 Å². The molecule has 0 aliphatic heterocycles. The second kappa shape index (κ2) is 9.44. The molecule has 1 N–H and O–H groups in total. The van der Waals surface area contributed by atoms with E-state index in [0.29, 0.717) is 23.7 Å². The quantitative estimate of drug-likeness (QED) is 0.449. The first-order valence-corrected chi connectivity index (χ1v) is 10.3. The molecule has 31 heavy (non-hydrogen) atoms. The summed E-state index contributed by atoms with van der Waals surface area (Å²) in [6.45, 7) is 3.02. The minimum absolute atomic E-state index is 0.0634. The van der Waals surface area contributed by atoms with Crippen LogP contribution in [0.4, 0.5) is 0 Å². The number of hydrogen-bond donors (Lipinski definition) is 1. The van der Waals surface area contributed by atoms with Gasteiger partial charge in [-0.3, -0.25) is 24.4 Å². The molecule has 0 aliphatic carbocycles. The third-order valence-electron chi connectivity index (χ3n) is 4.93. The fourth-order valence-corrected chi connectivity index (χ4v) is 3.47. The summed E-state index contributed by atoms with van der Waals surface area (Å²) in [5.41, 5.74) is 4.01. The molecule has 1 aromatic carbocycles. The number of nitrogens with one attached hydrogen (secondary N) is 1. The van der Waals surface area contributed by atoms with Crippen LogP contribution < -0.4 is 0 Å². The number of pyridine rings is 2. The molecule has 0 radical (unpaired) electrons. The van der Waals surface area contributed by atoms with Crippen LogP contribution in [0.25, 0.3) is 11.4 Å². The van der Waals surface area contributed by atoms with Crippen LogP contribution in [0.5, 0.6) is 0 Å². The molecule has 0 spiro atoms. The normalized spacial score (nSPS) is 10.7. The topological polar surface area (TPSA) is 79.7 Å². The van der Waals surface area contributed by atoms with Crippen molar-refractivity contribution in [2.24, 2.45) is 0 Å². The molecule has 4 aromatic rings. The van der Waals surface area contributed by atoms with E-state index in [2.05, 4.69) is 20.2 Å². The molecule has 0 fully saturated rings. The summed E-state index contributed by atoms with van der Waals surface area (Å²) in [5, 5.41) is 7.17. The molecule has 0 bridgehead atoms. The third kappa shape index (κ3) is 5.10. The predicted molar refractivity (Wildman–Crippen MR) is 120 cm³/mol. The molecule has 156 valence electrons. The van der Waals surface area contributed by atoms with E-state index in [1.807, 2.05) is 55.5 Å². The molecule has 8 heteroatoms. The zero-order chi connectivity index (χ0) is 21.6. The van der Waals surface area contributed by atoms with Crippen LogP contribution in [-0.2, 0) is 24.4 Å². The van der Waals surface area contributed by atoms with Gasteiger partial charge in [0.05, 0.1) is 0 Å². The second-order valence-corrected chi connectivity index (χ2v) is 7.66. The Labute approximate surface area is 185 Å². The Hall–Kier alpha value is -3.65. The molecule has 0 saturated carbocycles. The van der Waals surface area contributed by atoms with Crippen LogP contribution in [0.1, 0.15) is 16.7 Å². The van der Waals surface area contributed by atoms with E-state index in [0.717, 1.165) is 22.3 Å². The molecule has 3 heterocycles. The fraction of sp³-hybridized carbons (Fsp3) is 0.174. The van der Waals surface area contributed by atoms with E-state index < -0.39 is 0 Å².